The van der Waals surface area contributed by atoms with Gasteiger partial charge >= 0.3 is 0 Å². The lowest BCUT2D eigenvalue weighted by Gasteiger charge is -2.19. The highest BCUT2D eigenvalue weighted by Gasteiger charge is 2.13. The number of fused-ring (bicyclic) bond motifs is 2. The van der Waals surface area contributed by atoms with Crippen molar-refractivity contribution in [1.82, 2.24) is 16.1 Å². The summed E-state index contributed by atoms with van der Waals surface area (Å²) in [5.74, 6) is 0. The van der Waals surface area contributed by atoms with Gasteiger partial charge in [0.25, 0.3) is 0 Å². The van der Waals surface area contributed by atoms with Crippen molar-refractivity contribution in [3.05, 3.63) is 215 Å². The summed E-state index contributed by atoms with van der Waals surface area (Å²) in [6, 6.07) is 58.2. The topological polar surface area (TPSA) is 100 Å². The number of hydrazone groups is 1. The average molecular weight is 693 g/mol. The Bertz CT molecular complexity index is 2380. The molecule has 0 spiro atoms. The van der Waals surface area contributed by atoms with E-state index in [-0.39, 0.29) is 6.04 Å². The van der Waals surface area contributed by atoms with E-state index in [1.807, 2.05) is 55.6 Å². The Morgan fingerprint density at radius 1 is 0.604 bits per heavy atom. The predicted molar refractivity (Wildman–Crippen MR) is 223 cm³/mol. The van der Waals surface area contributed by atoms with Gasteiger partial charge in [-0.05, 0) is 73.6 Å². The fraction of sp³-hybridized carbons (Fsp3) is 0.0851. The fourth-order valence-electron chi connectivity index (χ4n) is 6.45. The lowest BCUT2D eigenvalue weighted by molar-refractivity contribution is 0.578. The smallest absolute Gasteiger partial charge is 0.117 e. The zero-order valence-electron chi connectivity index (χ0n) is 29.8. The molecule has 0 bridgehead atoms. The van der Waals surface area contributed by atoms with Gasteiger partial charge in [0.1, 0.15) is 6.17 Å². The molecule has 0 aromatic heterocycles. The molecule has 0 heterocycles. The van der Waals surface area contributed by atoms with Gasteiger partial charge in [-0.1, -0.05) is 158 Å². The number of hydrogen-bond donors (Lipinski definition) is 5. The molecule has 2 unspecified atom stereocenters. The van der Waals surface area contributed by atoms with E-state index in [1.165, 1.54) is 21.7 Å². The molecule has 0 aliphatic carbocycles. The minimum absolute atomic E-state index is 0.119. The van der Waals surface area contributed by atoms with Crippen LogP contribution in [0.15, 0.2) is 187 Å². The maximum Gasteiger partial charge on any atom is 0.117 e. The first-order valence-electron chi connectivity index (χ1n) is 17.9. The van der Waals surface area contributed by atoms with Crippen LogP contribution in [0.1, 0.15) is 45.6 Å². The van der Waals surface area contributed by atoms with Crippen molar-refractivity contribution in [2.75, 3.05) is 7.05 Å². The Hall–Kier alpha value is -6.47. The lowest BCUT2D eigenvalue weighted by atomic mass is 10.0. The molecule has 53 heavy (non-hydrogen) atoms. The molecule has 0 saturated heterocycles. The summed E-state index contributed by atoms with van der Waals surface area (Å²) in [6.45, 7) is 0.695. The van der Waals surface area contributed by atoms with E-state index < -0.39 is 6.17 Å². The summed E-state index contributed by atoms with van der Waals surface area (Å²) in [7, 11) is 1.93. The molecule has 0 saturated carbocycles. The molecule has 262 valence electrons. The number of nitrogens with zero attached hydrogens (tertiary/aromatic N) is 1. The van der Waals surface area contributed by atoms with E-state index in [0.717, 1.165) is 44.6 Å². The van der Waals surface area contributed by atoms with Crippen molar-refractivity contribution < 1.29 is 0 Å². The molecule has 6 heteroatoms. The first-order chi connectivity index (χ1) is 26.0. The highest BCUT2D eigenvalue weighted by atomic mass is 15.3. The Labute approximate surface area is 311 Å². The SMILES string of the molecule is CN/C(=C\C(=N/NC(N)c1ccc(C(/C=C(\N)c2ccccc2)NCc2ccccc2)cc1)c1ccc2ccccc2c1)c1ccc2ccccc2c1. The largest absolute Gasteiger partial charge is 0.398 e. The van der Waals surface area contributed by atoms with Gasteiger partial charge in [-0.25, -0.2) is 0 Å². The molecule has 7 aromatic carbocycles. The first kappa shape index (κ1) is 35.0. The van der Waals surface area contributed by atoms with Crippen LogP contribution in [0.3, 0.4) is 0 Å². The molecular formula is C47H44N6. The zero-order valence-corrected chi connectivity index (χ0v) is 29.8. The highest BCUT2D eigenvalue weighted by Crippen LogP contribution is 2.24. The fourth-order valence-corrected chi connectivity index (χ4v) is 6.45. The van der Waals surface area contributed by atoms with Crippen molar-refractivity contribution in [2.24, 2.45) is 16.6 Å². The Balaban J connectivity index is 1.17. The van der Waals surface area contributed by atoms with Crippen LogP contribution in [0, 0.1) is 0 Å². The summed E-state index contributed by atoms with van der Waals surface area (Å²) in [5.41, 5.74) is 25.2. The van der Waals surface area contributed by atoms with Crippen LogP contribution in [0.4, 0.5) is 0 Å². The first-order valence-corrected chi connectivity index (χ1v) is 17.9. The van der Waals surface area contributed by atoms with Crippen LogP contribution >= 0.6 is 0 Å². The van der Waals surface area contributed by atoms with E-state index in [1.54, 1.807) is 0 Å². The quantitative estimate of drug-likeness (QED) is 0.0472. The summed E-state index contributed by atoms with van der Waals surface area (Å²) in [6.07, 6.45) is 3.60. The number of hydrogen-bond acceptors (Lipinski definition) is 6. The van der Waals surface area contributed by atoms with Gasteiger partial charge in [-0.15, -0.1) is 0 Å². The predicted octanol–water partition coefficient (Wildman–Crippen LogP) is 9.04. The molecule has 0 radical (unpaired) electrons. The maximum absolute atomic E-state index is 6.76. The number of nitrogens with one attached hydrogen (secondary N) is 3. The van der Waals surface area contributed by atoms with Crippen LogP contribution < -0.4 is 27.5 Å². The van der Waals surface area contributed by atoms with Crippen molar-refractivity contribution in [3.8, 4) is 0 Å². The molecule has 0 aliphatic rings. The second kappa shape index (κ2) is 16.7. The minimum atomic E-state index is -0.549. The third-order valence-corrected chi connectivity index (χ3v) is 9.46. The highest BCUT2D eigenvalue weighted by molar-refractivity contribution is 6.13. The minimum Gasteiger partial charge on any atom is -0.398 e. The molecule has 0 amide bonds. The van der Waals surface area contributed by atoms with Gasteiger partial charge in [0.2, 0.25) is 0 Å². The second-order valence-corrected chi connectivity index (χ2v) is 13.0. The lowest BCUT2D eigenvalue weighted by Crippen LogP contribution is -2.26. The molecule has 7 rings (SSSR count). The van der Waals surface area contributed by atoms with Crippen molar-refractivity contribution >= 4 is 38.7 Å². The molecule has 7 aromatic rings. The van der Waals surface area contributed by atoms with Gasteiger partial charge in [0.15, 0.2) is 0 Å². The zero-order chi connectivity index (χ0) is 36.4. The van der Waals surface area contributed by atoms with Gasteiger partial charge in [-0.2, -0.15) is 5.10 Å². The van der Waals surface area contributed by atoms with E-state index >= 15 is 0 Å². The molecule has 0 aliphatic heterocycles. The van der Waals surface area contributed by atoms with Gasteiger partial charge in [0, 0.05) is 30.5 Å². The Morgan fingerprint density at radius 2 is 1.15 bits per heavy atom. The van der Waals surface area contributed by atoms with E-state index in [4.69, 9.17) is 16.6 Å². The van der Waals surface area contributed by atoms with Crippen LogP contribution in [0.25, 0.3) is 32.9 Å². The summed E-state index contributed by atoms with van der Waals surface area (Å²) in [5, 5.41) is 16.7. The van der Waals surface area contributed by atoms with Crippen LogP contribution in [-0.2, 0) is 6.54 Å². The molecular weight excluding hydrogens is 649 g/mol. The summed E-state index contributed by atoms with van der Waals surface area (Å²) >= 11 is 0. The molecule has 0 fully saturated rings. The number of allylic oxidation sites excluding steroid dienone is 1. The van der Waals surface area contributed by atoms with E-state index in [0.29, 0.717) is 12.2 Å². The number of nitrogens with two attached hydrogens (primary N) is 2. The van der Waals surface area contributed by atoms with Crippen molar-refractivity contribution in [1.29, 1.82) is 0 Å². The maximum atomic E-state index is 6.76. The Morgan fingerprint density at radius 3 is 1.79 bits per heavy atom. The Kier molecular flexibility index (Phi) is 11.0. The molecule has 7 N–H and O–H groups in total. The summed E-state index contributed by atoms with van der Waals surface area (Å²) < 4.78 is 0. The van der Waals surface area contributed by atoms with Crippen LogP contribution in [0.5, 0.6) is 0 Å². The standard InChI is InChI=1S/C47H44N6/c1-50-44(41-26-20-34-14-8-10-18-39(34)28-41)31-46(42-27-21-35-15-9-11-19-40(35)29-42)52-53-47(49)38-24-22-37(23-25-38)45(51-32-33-12-4-2-5-13-33)30-43(48)36-16-6-3-7-17-36/h2-31,45,47,50-51,53H,32,48-49H2,1H3/b43-30-,44-31-,52-46+. The normalized spacial score (nSPS) is 13.5. The van der Waals surface area contributed by atoms with E-state index in [2.05, 4.69) is 150 Å². The van der Waals surface area contributed by atoms with Crippen LogP contribution in [0.2, 0.25) is 0 Å². The van der Waals surface area contributed by atoms with Crippen LogP contribution in [-0.4, -0.2) is 12.8 Å². The molecule has 2 atom stereocenters. The summed E-state index contributed by atoms with van der Waals surface area (Å²) in [4.78, 5) is 0. The van der Waals surface area contributed by atoms with Crippen molar-refractivity contribution in [3.63, 3.8) is 0 Å². The second-order valence-electron chi connectivity index (χ2n) is 13.0. The molecule has 6 nitrogen and oxygen atoms in total. The number of rotatable bonds is 13. The third kappa shape index (κ3) is 8.71. The monoisotopic (exact) mass is 692 g/mol. The van der Waals surface area contributed by atoms with Gasteiger partial charge in [-0.3, -0.25) is 5.43 Å². The number of benzene rings is 7. The van der Waals surface area contributed by atoms with Crippen molar-refractivity contribution in [2.45, 2.75) is 18.8 Å². The third-order valence-electron chi connectivity index (χ3n) is 9.46. The average Bonchev–Trinajstić information content (AvgIpc) is 3.22. The van der Waals surface area contributed by atoms with Gasteiger partial charge in [0.05, 0.1) is 11.8 Å². The van der Waals surface area contributed by atoms with Gasteiger partial charge < -0.3 is 22.1 Å². The van der Waals surface area contributed by atoms with E-state index in [9.17, 15) is 0 Å².